The van der Waals surface area contributed by atoms with Crippen LogP contribution in [0.15, 0.2) is 66.7 Å². The van der Waals surface area contributed by atoms with Gasteiger partial charge < -0.3 is 15.6 Å². The molecule has 192 valence electrons. The van der Waals surface area contributed by atoms with Crippen LogP contribution < -0.4 is 10.6 Å². The van der Waals surface area contributed by atoms with Gasteiger partial charge in [0.05, 0.1) is 16.4 Å². The zero-order valence-electron chi connectivity index (χ0n) is 21.0. The van der Waals surface area contributed by atoms with Gasteiger partial charge in [0.15, 0.2) is 0 Å². The van der Waals surface area contributed by atoms with Gasteiger partial charge in [0.2, 0.25) is 5.91 Å². The third kappa shape index (κ3) is 4.16. The molecule has 0 unspecified atom stereocenters. The summed E-state index contributed by atoms with van der Waals surface area (Å²) >= 11 is 0. The highest BCUT2D eigenvalue weighted by Gasteiger charge is 2.54. The smallest absolute Gasteiger partial charge is 0.255 e. The molecular weight excluding hydrogens is 479 g/mol. The molecule has 4 bridgehead atoms. The van der Waals surface area contributed by atoms with Gasteiger partial charge in [-0.2, -0.15) is 0 Å². The van der Waals surface area contributed by atoms with Crippen molar-refractivity contribution in [1.29, 1.82) is 0 Å². The highest BCUT2D eigenvalue weighted by Crippen LogP contribution is 2.60. The van der Waals surface area contributed by atoms with Crippen LogP contribution in [0.4, 0.5) is 15.8 Å². The number of hydrogen-bond donors (Lipinski definition) is 3. The Morgan fingerprint density at radius 2 is 1.42 bits per heavy atom. The van der Waals surface area contributed by atoms with E-state index in [1.807, 2.05) is 24.3 Å². The lowest BCUT2D eigenvalue weighted by molar-refractivity contribution is -0.140. The number of halogens is 1. The topological polar surface area (TPSA) is 86.9 Å². The van der Waals surface area contributed by atoms with Crippen LogP contribution >= 0.6 is 0 Å². The van der Waals surface area contributed by atoms with Gasteiger partial charge in [-0.05, 0) is 123 Å². The fourth-order valence-corrected chi connectivity index (χ4v) is 7.39. The monoisotopic (exact) mass is 508 g/mol. The van der Waals surface area contributed by atoms with E-state index in [4.69, 9.17) is 0 Å². The molecule has 6 nitrogen and oxygen atoms in total. The molecule has 38 heavy (non-hydrogen) atoms. The van der Waals surface area contributed by atoms with Crippen molar-refractivity contribution >= 4 is 34.2 Å². The number of anilines is 2. The normalized spacial score (nSPS) is 25.4. The number of rotatable bonds is 5. The highest BCUT2D eigenvalue weighted by molar-refractivity contribution is 6.06. The molecule has 0 saturated heterocycles. The summed E-state index contributed by atoms with van der Waals surface area (Å²) in [7, 11) is 0. The zero-order valence-corrected chi connectivity index (χ0v) is 21.0. The third-order valence-corrected chi connectivity index (χ3v) is 8.78. The number of carbonyl (C=O) groups is 2. The van der Waals surface area contributed by atoms with E-state index in [9.17, 15) is 14.0 Å². The molecule has 0 radical (unpaired) electrons. The fourth-order valence-electron chi connectivity index (χ4n) is 7.39. The third-order valence-electron chi connectivity index (χ3n) is 8.78. The lowest BCUT2D eigenvalue weighted by Crippen LogP contribution is -2.51. The van der Waals surface area contributed by atoms with Crippen LogP contribution in [-0.2, 0) is 4.79 Å². The standard InChI is InChI=1S/C31H29FN4O2/c32-23-4-8-24(9-5-23)33-29(37)22-3-10-26-27(14-22)36-28(35-26)21-1-6-25(7-2-21)34-30(38)31-15-18-11-19(16-31)13-20(12-18)17-31/h1-10,14,18-20H,11-13,15-17H2,(H,33,37)(H,34,38)(H,35,36). The van der Waals surface area contributed by atoms with Crippen molar-refractivity contribution in [2.45, 2.75) is 38.5 Å². The summed E-state index contributed by atoms with van der Waals surface area (Å²) in [6, 6.07) is 18.7. The molecule has 1 heterocycles. The minimum Gasteiger partial charge on any atom is -0.338 e. The molecular formula is C31H29FN4O2. The van der Waals surface area contributed by atoms with Gasteiger partial charge in [-0.25, -0.2) is 9.37 Å². The van der Waals surface area contributed by atoms with Gasteiger partial charge in [0.25, 0.3) is 5.91 Å². The Hall–Kier alpha value is -4.00. The largest absolute Gasteiger partial charge is 0.338 e. The fraction of sp³-hybridized carbons (Fsp3) is 0.323. The Kier molecular flexibility index (Phi) is 5.35. The molecule has 4 saturated carbocycles. The van der Waals surface area contributed by atoms with Crippen LogP contribution in [0.3, 0.4) is 0 Å². The SMILES string of the molecule is O=C(Nc1ccc(F)cc1)c1ccc2nc(-c3ccc(NC(=O)C45CC6CC(CC(C6)C4)C5)cc3)[nH]c2c1. The quantitative estimate of drug-likeness (QED) is 0.278. The van der Waals surface area contributed by atoms with E-state index in [0.717, 1.165) is 59.3 Å². The molecule has 3 N–H and O–H groups in total. The van der Waals surface area contributed by atoms with Crippen LogP contribution in [0.1, 0.15) is 48.9 Å². The first kappa shape index (κ1) is 23.1. The van der Waals surface area contributed by atoms with Crippen molar-refractivity contribution in [1.82, 2.24) is 9.97 Å². The minimum atomic E-state index is -0.354. The van der Waals surface area contributed by atoms with Gasteiger partial charge in [0, 0.05) is 22.5 Å². The lowest BCUT2D eigenvalue weighted by Gasteiger charge is -2.55. The van der Waals surface area contributed by atoms with Gasteiger partial charge in [-0.1, -0.05) is 0 Å². The number of fused-ring (bicyclic) bond motifs is 1. The summed E-state index contributed by atoms with van der Waals surface area (Å²) in [5, 5.41) is 5.99. The Labute approximate surface area is 220 Å². The first-order valence-corrected chi connectivity index (χ1v) is 13.4. The molecule has 4 fully saturated rings. The first-order valence-electron chi connectivity index (χ1n) is 13.4. The molecule has 0 spiro atoms. The van der Waals surface area contributed by atoms with Crippen LogP contribution in [0.5, 0.6) is 0 Å². The maximum absolute atomic E-state index is 13.4. The number of nitrogens with zero attached hydrogens (tertiary/aromatic N) is 1. The summed E-state index contributed by atoms with van der Waals surface area (Å²) in [5.41, 5.74) is 4.02. The molecule has 0 aliphatic heterocycles. The molecule has 4 aliphatic carbocycles. The van der Waals surface area contributed by atoms with E-state index >= 15 is 0 Å². The second kappa shape index (κ2) is 8.79. The van der Waals surface area contributed by atoms with Crippen LogP contribution in [0, 0.1) is 29.0 Å². The number of nitrogens with one attached hydrogen (secondary N) is 3. The maximum Gasteiger partial charge on any atom is 0.255 e. The summed E-state index contributed by atoms with van der Waals surface area (Å²) < 4.78 is 13.1. The van der Waals surface area contributed by atoms with Crippen molar-refractivity contribution < 1.29 is 14.0 Å². The second-order valence-electron chi connectivity index (χ2n) is 11.5. The van der Waals surface area contributed by atoms with E-state index in [1.54, 1.807) is 18.2 Å². The Morgan fingerprint density at radius 3 is 2.08 bits per heavy atom. The Morgan fingerprint density at radius 1 is 0.816 bits per heavy atom. The van der Waals surface area contributed by atoms with Crippen molar-refractivity contribution in [3.8, 4) is 11.4 Å². The molecule has 2 amide bonds. The van der Waals surface area contributed by atoms with Crippen LogP contribution in [-0.4, -0.2) is 21.8 Å². The van der Waals surface area contributed by atoms with E-state index in [2.05, 4.69) is 20.6 Å². The molecule has 8 rings (SSSR count). The van der Waals surface area contributed by atoms with Crippen LogP contribution in [0.2, 0.25) is 0 Å². The summed E-state index contributed by atoms with van der Waals surface area (Å²) in [6.45, 7) is 0. The van der Waals surface area contributed by atoms with Crippen molar-refractivity contribution in [3.63, 3.8) is 0 Å². The number of carbonyl (C=O) groups excluding carboxylic acids is 2. The summed E-state index contributed by atoms with van der Waals surface area (Å²) in [5.74, 6) is 2.45. The predicted octanol–water partition coefficient (Wildman–Crippen LogP) is 6.78. The minimum absolute atomic E-state index is 0.174. The molecule has 0 atom stereocenters. The van der Waals surface area contributed by atoms with E-state index in [1.165, 1.54) is 43.5 Å². The van der Waals surface area contributed by atoms with E-state index < -0.39 is 0 Å². The molecule has 7 heteroatoms. The zero-order chi connectivity index (χ0) is 25.9. The predicted molar refractivity (Wildman–Crippen MR) is 145 cm³/mol. The number of hydrogen-bond acceptors (Lipinski definition) is 3. The average molecular weight is 509 g/mol. The van der Waals surface area contributed by atoms with Gasteiger partial charge >= 0.3 is 0 Å². The van der Waals surface area contributed by atoms with Gasteiger partial charge in [0.1, 0.15) is 11.6 Å². The first-order chi connectivity index (χ1) is 18.4. The Balaban J connectivity index is 1.05. The highest BCUT2D eigenvalue weighted by atomic mass is 19.1. The molecule has 1 aromatic heterocycles. The number of H-pyrrole nitrogens is 1. The number of benzene rings is 3. The van der Waals surface area contributed by atoms with E-state index in [-0.39, 0.29) is 23.0 Å². The summed E-state index contributed by atoms with van der Waals surface area (Å²) in [6.07, 6.45) is 7.10. The number of amides is 2. The second-order valence-corrected chi connectivity index (χ2v) is 11.5. The number of aromatic nitrogens is 2. The summed E-state index contributed by atoms with van der Waals surface area (Å²) in [4.78, 5) is 34.0. The van der Waals surface area contributed by atoms with Crippen molar-refractivity contribution in [2.24, 2.45) is 23.2 Å². The number of aromatic amines is 1. The van der Waals surface area contributed by atoms with Gasteiger partial charge in [-0.15, -0.1) is 0 Å². The average Bonchev–Trinajstić information content (AvgIpc) is 3.33. The number of imidazole rings is 1. The molecule has 3 aromatic carbocycles. The molecule has 4 aromatic rings. The van der Waals surface area contributed by atoms with Crippen molar-refractivity contribution in [3.05, 3.63) is 78.1 Å². The van der Waals surface area contributed by atoms with Crippen molar-refractivity contribution in [2.75, 3.05) is 10.6 Å². The molecule has 4 aliphatic rings. The maximum atomic E-state index is 13.4. The van der Waals surface area contributed by atoms with E-state index in [0.29, 0.717) is 17.1 Å². The lowest BCUT2D eigenvalue weighted by atomic mass is 9.49. The van der Waals surface area contributed by atoms with Crippen LogP contribution in [0.25, 0.3) is 22.4 Å². The van der Waals surface area contributed by atoms with Gasteiger partial charge in [-0.3, -0.25) is 9.59 Å². The Bertz CT molecular complexity index is 1510.